The highest BCUT2D eigenvalue weighted by Crippen LogP contribution is 2.28. The van der Waals surface area contributed by atoms with E-state index in [0.717, 1.165) is 23.7 Å². The van der Waals surface area contributed by atoms with E-state index in [9.17, 15) is 18.5 Å². The van der Waals surface area contributed by atoms with Gasteiger partial charge in [-0.25, -0.2) is 8.42 Å². The highest BCUT2D eigenvalue weighted by atomic mass is 32.2. The molecule has 8 nitrogen and oxygen atoms in total. The van der Waals surface area contributed by atoms with Gasteiger partial charge < -0.3 is 5.32 Å². The lowest BCUT2D eigenvalue weighted by atomic mass is 10.1. The van der Waals surface area contributed by atoms with Crippen molar-refractivity contribution in [1.29, 1.82) is 0 Å². The number of nitro groups is 1. The van der Waals surface area contributed by atoms with Crippen molar-refractivity contribution >= 4 is 21.2 Å². The zero-order valence-electron chi connectivity index (χ0n) is 13.0. The Morgan fingerprint density at radius 1 is 1.39 bits per heavy atom. The number of H-pyrrole nitrogens is 1. The molecule has 1 aromatic heterocycles. The summed E-state index contributed by atoms with van der Waals surface area (Å²) in [6, 6.07) is 5.64. The summed E-state index contributed by atoms with van der Waals surface area (Å²) in [7, 11) is -3.50. The summed E-state index contributed by atoms with van der Waals surface area (Å²) in [5.74, 6) is 0. The minimum absolute atomic E-state index is 0.0784. The number of sulfone groups is 1. The monoisotopic (exact) mass is 338 g/mol. The van der Waals surface area contributed by atoms with Crippen molar-refractivity contribution in [1.82, 2.24) is 10.2 Å². The number of nitrogens with one attached hydrogen (secondary N) is 2. The molecule has 23 heavy (non-hydrogen) atoms. The fourth-order valence-electron chi connectivity index (χ4n) is 2.22. The molecule has 0 bridgehead atoms. The lowest BCUT2D eigenvalue weighted by Crippen LogP contribution is -2.19. The van der Waals surface area contributed by atoms with Gasteiger partial charge in [-0.15, -0.1) is 0 Å². The Labute approximate surface area is 134 Å². The standard InChI is InChI=1S/C14H18N4O4S/c1-9(6-11-7-10(2)16-17-11)15-13-5-4-12(23(3,21)22)8-14(13)18(19)20/h4-5,7-9,15H,6H2,1-3H3,(H,16,17). The molecule has 1 heterocycles. The van der Waals surface area contributed by atoms with E-state index in [1.54, 1.807) is 0 Å². The molecule has 1 atom stereocenters. The largest absolute Gasteiger partial charge is 0.377 e. The number of aromatic amines is 1. The van der Waals surface area contributed by atoms with E-state index in [1.807, 2.05) is 19.9 Å². The van der Waals surface area contributed by atoms with Crippen LogP contribution in [-0.2, 0) is 16.3 Å². The zero-order chi connectivity index (χ0) is 17.2. The van der Waals surface area contributed by atoms with E-state index < -0.39 is 14.8 Å². The van der Waals surface area contributed by atoms with Gasteiger partial charge in [0.15, 0.2) is 9.84 Å². The topological polar surface area (TPSA) is 118 Å². The fourth-order valence-corrected chi connectivity index (χ4v) is 2.87. The smallest absolute Gasteiger partial charge is 0.293 e. The summed E-state index contributed by atoms with van der Waals surface area (Å²) in [5, 5.41) is 21.2. The van der Waals surface area contributed by atoms with Crippen molar-refractivity contribution in [3.8, 4) is 0 Å². The van der Waals surface area contributed by atoms with E-state index in [1.165, 1.54) is 12.1 Å². The lowest BCUT2D eigenvalue weighted by Gasteiger charge is -2.14. The van der Waals surface area contributed by atoms with Crippen molar-refractivity contribution in [3.05, 3.63) is 45.8 Å². The maximum atomic E-state index is 11.5. The molecule has 2 rings (SSSR count). The van der Waals surface area contributed by atoms with Crippen LogP contribution in [0.5, 0.6) is 0 Å². The average Bonchev–Trinajstić information content (AvgIpc) is 2.82. The number of hydrogen-bond acceptors (Lipinski definition) is 6. The van der Waals surface area contributed by atoms with Gasteiger partial charge >= 0.3 is 0 Å². The number of anilines is 1. The Morgan fingerprint density at radius 2 is 2.09 bits per heavy atom. The second-order valence-electron chi connectivity index (χ2n) is 5.50. The molecule has 9 heteroatoms. The van der Waals surface area contributed by atoms with Crippen LogP contribution in [0.1, 0.15) is 18.3 Å². The first-order valence-electron chi connectivity index (χ1n) is 6.92. The lowest BCUT2D eigenvalue weighted by molar-refractivity contribution is -0.384. The third-order valence-electron chi connectivity index (χ3n) is 3.27. The highest BCUT2D eigenvalue weighted by Gasteiger charge is 2.20. The molecule has 0 spiro atoms. The molecule has 1 aromatic carbocycles. The molecule has 0 amide bonds. The zero-order valence-corrected chi connectivity index (χ0v) is 13.8. The highest BCUT2D eigenvalue weighted by molar-refractivity contribution is 7.90. The van der Waals surface area contributed by atoms with Crippen LogP contribution >= 0.6 is 0 Å². The number of hydrogen-bond donors (Lipinski definition) is 2. The van der Waals surface area contributed by atoms with Gasteiger partial charge in [-0.2, -0.15) is 5.10 Å². The summed E-state index contributed by atoms with van der Waals surface area (Å²) in [5.41, 5.74) is 1.80. The molecule has 2 N–H and O–H groups in total. The minimum atomic E-state index is -3.50. The van der Waals surface area contributed by atoms with Crippen LogP contribution in [0.25, 0.3) is 0 Å². The molecule has 0 aliphatic carbocycles. The van der Waals surface area contributed by atoms with Gasteiger partial charge in [0.2, 0.25) is 0 Å². The molecular formula is C14H18N4O4S. The summed E-state index contributed by atoms with van der Waals surface area (Å²) in [6.07, 6.45) is 1.59. The first-order valence-corrected chi connectivity index (χ1v) is 8.82. The van der Waals surface area contributed by atoms with Crippen LogP contribution in [0.2, 0.25) is 0 Å². The van der Waals surface area contributed by atoms with E-state index in [-0.39, 0.29) is 22.3 Å². The van der Waals surface area contributed by atoms with Crippen LogP contribution in [0.4, 0.5) is 11.4 Å². The maximum absolute atomic E-state index is 11.5. The second kappa shape index (κ2) is 6.37. The molecule has 1 unspecified atom stereocenters. The molecule has 0 saturated heterocycles. The van der Waals surface area contributed by atoms with Gasteiger partial charge in [-0.3, -0.25) is 15.2 Å². The molecule has 0 saturated carbocycles. The van der Waals surface area contributed by atoms with Crippen molar-refractivity contribution in [2.45, 2.75) is 31.2 Å². The second-order valence-corrected chi connectivity index (χ2v) is 7.52. The predicted molar refractivity (Wildman–Crippen MR) is 86.3 cm³/mol. The number of benzene rings is 1. The number of aryl methyl sites for hydroxylation is 1. The van der Waals surface area contributed by atoms with Gasteiger partial charge in [0.05, 0.1) is 15.5 Å². The van der Waals surface area contributed by atoms with E-state index in [4.69, 9.17) is 0 Å². The Hall–Kier alpha value is -2.42. The Kier molecular flexibility index (Phi) is 4.69. The average molecular weight is 338 g/mol. The number of aromatic nitrogens is 2. The van der Waals surface area contributed by atoms with Crippen LogP contribution in [0, 0.1) is 17.0 Å². The summed E-state index contributed by atoms with van der Waals surface area (Å²) in [4.78, 5) is 10.5. The summed E-state index contributed by atoms with van der Waals surface area (Å²) in [6.45, 7) is 3.77. The third kappa shape index (κ3) is 4.28. The third-order valence-corrected chi connectivity index (χ3v) is 4.38. The van der Waals surface area contributed by atoms with E-state index >= 15 is 0 Å². The van der Waals surface area contributed by atoms with Crippen molar-refractivity contribution in [3.63, 3.8) is 0 Å². The van der Waals surface area contributed by atoms with Gasteiger partial charge in [0.25, 0.3) is 5.69 Å². The number of nitro benzene ring substituents is 1. The molecule has 0 fully saturated rings. The van der Waals surface area contributed by atoms with E-state index in [0.29, 0.717) is 6.42 Å². The van der Waals surface area contributed by atoms with Crippen LogP contribution in [0.3, 0.4) is 0 Å². The number of nitrogens with zero attached hydrogens (tertiary/aromatic N) is 2. The van der Waals surface area contributed by atoms with Crippen molar-refractivity contribution < 1.29 is 13.3 Å². The quantitative estimate of drug-likeness (QED) is 0.615. The SMILES string of the molecule is Cc1cc(CC(C)Nc2ccc(S(C)(=O)=O)cc2[N+](=O)[O-])n[nH]1. The normalized spacial score (nSPS) is 12.8. The maximum Gasteiger partial charge on any atom is 0.293 e. The molecule has 0 aliphatic rings. The first-order chi connectivity index (χ1) is 10.7. The molecular weight excluding hydrogens is 320 g/mol. The summed E-state index contributed by atoms with van der Waals surface area (Å²) < 4.78 is 23.1. The van der Waals surface area contributed by atoms with Gasteiger partial charge in [0.1, 0.15) is 5.69 Å². The molecule has 0 aliphatic heterocycles. The van der Waals surface area contributed by atoms with Gasteiger partial charge in [-0.1, -0.05) is 0 Å². The Morgan fingerprint density at radius 3 is 2.61 bits per heavy atom. The van der Waals surface area contributed by atoms with Gasteiger partial charge in [0, 0.05) is 30.5 Å². The summed E-state index contributed by atoms with van der Waals surface area (Å²) >= 11 is 0. The predicted octanol–water partition coefficient (Wildman–Crippen LogP) is 2.07. The van der Waals surface area contributed by atoms with Crippen LogP contribution in [0.15, 0.2) is 29.2 Å². The van der Waals surface area contributed by atoms with Crippen molar-refractivity contribution in [2.75, 3.05) is 11.6 Å². The molecule has 124 valence electrons. The van der Waals surface area contributed by atoms with Crippen LogP contribution in [-0.4, -0.2) is 35.8 Å². The number of rotatable bonds is 6. The molecule has 2 aromatic rings. The van der Waals surface area contributed by atoms with E-state index in [2.05, 4.69) is 15.5 Å². The first kappa shape index (κ1) is 16.9. The van der Waals surface area contributed by atoms with Crippen molar-refractivity contribution in [2.24, 2.45) is 0 Å². The van der Waals surface area contributed by atoms with Crippen LogP contribution < -0.4 is 5.32 Å². The minimum Gasteiger partial charge on any atom is -0.377 e. The van der Waals surface area contributed by atoms with Gasteiger partial charge in [-0.05, 0) is 32.0 Å². The fraction of sp³-hybridized carbons (Fsp3) is 0.357. The Balaban J connectivity index is 2.23. The molecule has 0 radical (unpaired) electrons. The Bertz CT molecular complexity index is 829.